The Morgan fingerprint density at radius 3 is 2.74 bits per heavy atom. The maximum absolute atomic E-state index is 5.74. The summed E-state index contributed by atoms with van der Waals surface area (Å²) in [5.74, 6) is 2.56. The van der Waals surface area contributed by atoms with Gasteiger partial charge in [0.05, 0.1) is 4.47 Å². The second-order valence-corrected chi connectivity index (χ2v) is 5.96. The molecule has 0 radical (unpaired) electrons. The first kappa shape index (κ1) is 14.6. The molecule has 0 atom stereocenters. The van der Waals surface area contributed by atoms with Crippen LogP contribution in [0, 0.1) is 6.92 Å². The molecule has 0 aliphatic rings. The third kappa shape index (κ3) is 3.84. The van der Waals surface area contributed by atoms with E-state index >= 15 is 0 Å². The van der Waals surface area contributed by atoms with Crippen LogP contribution in [-0.4, -0.2) is 7.05 Å². The lowest BCUT2D eigenvalue weighted by atomic mass is 10.2. The molecule has 0 saturated heterocycles. The number of furan rings is 1. The van der Waals surface area contributed by atoms with Crippen molar-refractivity contribution in [1.29, 1.82) is 0 Å². The fourth-order valence-electron chi connectivity index (χ4n) is 1.77. The van der Waals surface area contributed by atoms with Gasteiger partial charge in [0.25, 0.3) is 0 Å². The highest BCUT2D eigenvalue weighted by Crippen LogP contribution is 2.29. The summed E-state index contributed by atoms with van der Waals surface area (Å²) in [6, 6.07) is 7.84. The van der Waals surface area contributed by atoms with Gasteiger partial charge in [0, 0.05) is 16.6 Å². The normalized spacial score (nSPS) is 10.7. The van der Waals surface area contributed by atoms with Gasteiger partial charge in [0.15, 0.2) is 0 Å². The molecule has 102 valence electrons. The molecule has 2 aromatic rings. The van der Waals surface area contributed by atoms with E-state index in [0.29, 0.717) is 6.61 Å². The fourth-order valence-corrected chi connectivity index (χ4v) is 2.93. The zero-order valence-electron chi connectivity index (χ0n) is 10.8. The van der Waals surface area contributed by atoms with Crippen molar-refractivity contribution in [3.05, 3.63) is 50.3 Å². The van der Waals surface area contributed by atoms with Crippen molar-refractivity contribution in [1.82, 2.24) is 5.32 Å². The van der Waals surface area contributed by atoms with Gasteiger partial charge in [0.2, 0.25) is 0 Å². The molecule has 19 heavy (non-hydrogen) atoms. The maximum Gasteiger partial charge on any atom is 0.146 e. The van der Waals surface area contributed by atoms with Gasteiger partial charge in [0.1, 0.15) is 23.9 Å². The highest BCUT2D eigenvalue weighted by molar-refractivity contribution is 9.11. The first-order valence-corrected chi connectivity index (χ1v) is 7.49. The Kier molecular flexibility index (Phi) is 5.07. The lowest BCUT2D eigenvalue weighted by Gasteiger charge is -2.06. The summed E-state index contributed by atoms with van der Waals surface area (Å²) >= 11 is 6.88. The van der Waals surface area contributed by atoms with E-state index in [9.17, 15) is 0 Å². The average molecular weight is 389 g/mol. The summed E-state index contributed by atoms with van der Waals surface area (Å²) in [4.78, 5) is 0. The van der Waals surface area contributed by atoms with Crippen LogP contribution in [0.2, 0.25) is 0 Å². The molecule has 5 heteroatoms. The summed E-state index contributed by atoms with van der Waals surface area (Å²) in [6.07, 6.45) is 0. The molecule has 1 heterocycles. The summed E-state index contributed by atoms with van der Waals surface area (Å²) in [6.45, 7) is 3.19. The summed E-state index contributed by atoms with van der Waals surface area (Å²) in [5, 5.41) is 3.11. The van der Waals surface area contributed by atoms with Crippen LogP contribution in [0.1, 0.15) is 17.1 Å². The van der Waals surface area contributed by atoms with E-state index in [1.807, 2.05) is 38.2 Å². The van der Waals surface area contributed by atoms with Crippen LogP contribution >= 0.6 is 31.9 Å². The Bertz CT molecular complexity index is 567. The Hall–Kier alpha value is -0.780. The minimum absolute atomic E-state index is 0.421. The van der Waals surface area contributed by atoms with Crippen molar-refractivity contribution < 1.29 is 9.15 Å². The predicted octanol–water partition coefficient (Wildman–Crippen LogP) is 4.41. The van der Waals surface area contributed by atoms with E-state index in [1.165, 1.54) is 0 Å². The van der Waals surface area contributed by atoms with Crippen LogP contribution in [0.15, 0.2) is 37.6 Å². The molecule has 0 spiro atoms. The maximum atomic E-state index is 5.74. The number of rotatable bonds is 5. The van der Waals surface area contributed by atoms with Crippen molar-refractivity contribution >= 4 is 31.9 Å². The van der Waals surface area contributed by atoms with E-state index in [2.05, 4.69) is 37.2 Å². The molecule has 0 unspecified atom stereocenters. The van der Waals surface area contributed by atoms with Crippen LogP contribution in [0.25, 0.3) is 0 Å². The Morgan fingerprint density at radius 2 is 2.05 bits per heavy atom. The third-order valence-corrected chi connectivity index (χ3v) is 3.82. The quantitative estimate of drug-likeness (QED) is 0.823. The zero-order valence-corrected chi connectivity index (χ0v) is 14.0. The minimum Gasteiger partial charge on any atom is -0.484 e. The second kappa shape index (κ2) is 6.59. The third-order valence-electron chi connectivity index (χ3n) is 2.70. The zero-order chi connectivity index (χ0) is 13.8. The Labute approximate surface area is 129 Å². The molecule has 2 rings (SSSR count). The number of benzene rings is 1. The minimum atomic E-state index is 0.421. The van der Waals surface area contributed by atoms with Crippen molar-refractivity contribution in [2.45, 2.75) is 20.1 Å². The molecule has 0 saturated carbocycles. The number of nitrogens with one attached hydrogen (secondary N) is 1. The molecular weight excluding hydrogens is 374 g/mol. The van der Waals surface area contributed by atoms with Crippen molar-refractivity contribution in [2.75, 3.05) is 7.05 Å². The van der Waals surface area contributed by atoms with Gasteiger partial charge in [-0.15, -0.1) is 0 Å². The molecule has 0 bridgehead atoms. The van der Waals surface area contributed by atoms with Gasteiger partial charge in [-0.25, -0.2) is 0 Å². The topological polar surface area (TPSA) is 34.4 Å². The number of aryl methyl sites for hydroxylation is 1. The van der Waals surface area contributed by atoms with Crippen LogP contribution in [0.5, 0.6) is 5.75 Å². The van der Waals surface area contributed by atoms with Gasteiger partial charge in [-0.2, -0.15) is 0 Å². The number of hydrogen-bond acceptors (Lipinski definition) is 3. The van der Waals surface area contributed by atoms with E-state index in [-0.39, 0.29) is 0 Å². The van der Waals surface area contributed by atoms with Crippen molar-refractivity contribution in [2.24, 2.45) is 0 Å². The molecule has 1 aromatic carbocycles. The largest absolute Gasteiger partial charge is 0.484 e. The molecule has 3 nitrogen and oxygen atoms in total. The van der Waals surface area contributed by atoms with E-state index in [4.69, 9.17) is 9.15 Å². The van der Waals surface area contributed by atoms with Gasteiger partial charge in [-0.1, -0.05) is 15.9 Å². The molecule has 1 N–H and O–H groups in total. The molecule has 0 fully saturated rings. The highest BCUT2D eigenvalue weighted by Gasteiger charge is 2.08. The fraction of sp³-hybridized carbons (Fsp3) is 0.286. The van der Waals surface area contributed by atoms with Crippen LogP contribution in [0.3, 0.4) is 0 Å². The second-order valence-electron chi connectivity index (χ2n) is 4.19. The highest BCUT2D eigenvalue weighted by atomic mass is 79.9. The Balaban J connectivity index is 2.04. The lowest BCUT2D eigenvalue weighted by Crippen LogP contribution is -2.04. The molecule has 0 amide bonds. The van der Waals surface area contributed by atoms with E-state index in [1.54, 1.807) is 0 Å². The van der Waals surface area contributed by atoms with Gasteiger partial charge in [-0.3, -0.25) is 0 Å². The lowest BCUT2D eigenvalue weighted by molar-refractivity contribution is 0.266. The molecular formula is C14H15Br2NO2. The molecule has 1 aromatic heterocycles. The first-order valence-electron chi connectivity index (χ1n) is 5.91. The number of halogens is 2. The van der Waals surface area contributed by atoms with Crippen LogP contribution in [0.4, 0.5) is 0 Å². The van der Waals surface area contributed by atoms with Crippen LogP contribution < -0.4 is 10.1 Å². The monoisotopic (exact) mass is 387 g/mol. The molecule has 0 aliphatic carbocycles. The van der Waals surface area contributed by atoms with Gasteiger partial charge < -0.3 is 14.5 Å². The number of ether oxygens (including phenoxy) is 1. The van der Waals surface area contributed by atoms with Gasteiger partial charge in [-0.05, 0) is 54.2 Å². The SMILES string of the molecule is CNCc1cc(COc2ccc(Br)cc2Br)oc1C. The van der Waals surface area contributed by atoms with E-state index < -0.39 is 0 Å². The van der Waals surface area contributed by atoms with Crippen molar-refractivity contribution in [3.63, 3.8) is 0 Å². The van der Waals surface area contributed by atoms with E-state index in [0.717, 1.165) is 38.3 Å². The number of hydrogen-bond donors (Lipinski definition) is 1. The average Bonchev–Trinajstić information content (AvgIpc) is 2.70. The van der Waals surface area contributed by atoms with Gasteiger partial charge >= 0.3 is 0 Å². The summed E-state index contributed by atoms with van der Waals surface area (Å²) in [5.41, 5.74) is 1.16. The van der Waals surface area contributed by atoms with Crippen LogP contribution in [-0.2, 0) is 13.2 Å². The standard InChI is InChI=1S/C14H15Br2NO2/c1-9-10(7-17-2)5-12(19-9)8-18-14-4-3-11(15)6-13(14)16/h3-6,17H,7-8H2,1-2H3. The first-order chi connectivity index (χ1) is 9.10. The predicted molar refractivity (Wildman–Crippen MR) is 82.4 cm³/mol. The summed E-state index contributed by atoms with van der Waals surface area (Å²) < 4.78 is 13.3. The Morgan fingerprint density at radius 1 is 1.26 bits per heavy atom. The summed E-state index contributed by atoms with van der Waals surface area (Å²) in [7, 11) is 1.92. The van der Waals surface area contributed by atoms with Crippen molar-refractivity contribution in [3.8, 4) is 5.75 Å². The smallest absolute Gasteiger partial charge is 0.146 e. The molecule has 0 aliphatic heterocycles.